The van der Waals surface area contributed by atoms with Crippen molar-refractivity contribution in [3.8, 4) is 0 Å². The number of halogens is 2. The maximum Gasteiger partial charge on any atom is 0.128 e. The van der Waals surface area contributed by atoms with E-state index >= 15 is 0 Å². The molecule has 0 bridgehead atoms. The first-order valence-corrected chi connectivity index (χ1v) is 7.87. The van der Waals surface area contributed by atoms with Crippen LogP contribution >= 0.6 is 11.6 Å². The van der Waals surface area contributed by atoms with Crippen LogP contribution in [0.15, 0.2) is 12.1 Å². The van der Waals surface area contributed by atoms with Crippen LogP contribution in [0.25, 0.3) is 11.0 Å². The zero-order chi connectivity index (χ0) is 15.9. The van der Waals surface area contributed by atoms with Gasteiger partial charge in [0.25, 0.3) is 0 Å². The molecule has 1 atom stereocenters. The summed E-state index contributed by atoms with van der Waals surface area (Å²) in [5.41, 5.74) is 2.39. The van der Waals surface area contributed by atoms with Gasteiger partial charge in [0, 0.05) is 12.6 Å². The standard InChI is InChI=1S/C17H24ClFN2/c1-10(2)17(5,6)9-21-15-7-11(3)13(19)8-14(15)20-16(21)12(4)18/h7-8,10,12H,9H2,1-6H3. The molecule has 0 spiro atoms. The summed E-state index contributed by atoms with van der Waals surface area (Å²) in [4.78, 5) is 4.55. The van der Waals surface area contributed by atoms with Gasteiger partial charge in [-0.15, -0.1) is 11.6 Å². The van der Waals surface area contributed by atoms with E-state index in [0.29, 0.717) is 17.0 Å². The predicted octanol–water partition coefficient (Wildman–Crippen LogP) is 5.47. The molecule has 0 aliphatic heterocycles. The Bertz CT molecular complexity index is 656. The molecule has 116 valence electrons. The van der Waals surface area contributed by atoms with Crippen LogP contribution in [0.4, 0.5) is 4.39 Å². The van der Waals surface area contributed by atoms with Gasteiger partial charge in [-0.3, -0.25) is 0 Å². The summed E-state index contributed by atoms with van der Waals surface area (Å²) in [7, 11) is 0. The quantitative estimate of drug-likeness (QED) is 0.685. The Morgan fingerprint density at radius 1 is 1.29 bits per heavy atom. The Hall–Kier alpha value is -1.09. The van der Waals surface area contributed by atoms with Gasteiger partial charge < -0.3 is 4.57 Å². The second kappa shape index (κ2) is 5.60. The summed E-state index contributed by atoms with van der Waals surface area (Å²) in [6, 6.07) is 3.38. The van der Waals surface area contributed by atoms with E-state index in [0.717, 1.165) is 17.9 Å². The van der Waals surface area contributed by atoms with Crippen molar-refractivity contribution in [1.82, 2.24) is 9.55 Å². The van der Waals surface area contributed by atoms with E-state index in [9.17, 15) is 4.39 Å². The molecule has 0 radical (unpaired) electrons. The number of aromatic nitrogens is 2. The Balaban J connectivity index is 2.64. The van der Waals surface area contributed by atoms with E-state index in [-0.39, 0.29) is 16.6 Å². The van der Waals surface area contributed by atoms with Gasteiger partial charge in [-0.25, -0.2) is 9.37 Å². The van der Waals surface area contributed by atoms with Gasteiger partial charge in [0.2, 0.25) is 0 Å². The summed E-state index contributed by atoms with van der Waals surface area (Å²) in [6.07, 6.45) is 0. The Morgan fingerprint density at radius 3 is 2.43 bits per heavy atom. The van der Waals surface area contributed by atoms with Crippen molar-refractivity contribution in [3.63, 3.8) is 0 Å². The van der Waals surface area contributed by atoms with Crippen molar-refractivity contribution < 1.29 is 4.39 Å². The number of alkyl halides is 1. The normalized spacial score (nSPS) is 14.1. The minimum absolute atomic E-state index is 0.108. The molecule has 21 heavy (non-hydrogen) atoms. The molecule has 1 heterocycles. The molecule has 0 aliphatic rings. The molecule has 0 aliphatic carbocycles. The maximum absolute atomic E-state index is 13.8. The summed E-state index contributed by atoms with van der Waals surface area (Å²) in [6.45, 7) is 13.4. The minimum Gasteiger partial charge on any atom is -0.326 e. The largest absolute Gasteiger partial charge is 0.326 e. The van der Waals surface area contributed by atoms with Gasteiger partial charge in [0.1, 0.15) is 11.6 Å². The molecule has 2 aromatic rings. The smallest absolute Gasteiger partial charge is 0.128 e. The first-order valence-electron chi connectivity index (χ1n) is 7.44. The number of benzene rings is 1. The molecule has 0 saturated carbocycles. The molecule has 1 aromatic carbocycles. The van der Waals surface area contributed by atoms with Crippen molar-refractivity contribution in [1.29, 1.82) is 0 Å². The van der Waals surface area contributed by atoms with Gasteiger partial charge >= 0.3 is 0 Å². The third kappa shape index (κ3) is 3.08. The lowest BCUT2D eigenvalue weighted by atomic mass is 9.81. The average Bonchev–Trinajstić information content (AvgIpc) is 2.68. The fraction of sp³-hybridized carbons (Fsp3) is 0.588. The van der Waals surface area contributed by atoms with Crippen LogP contribution in [-0.4, -0.2) is 9.55 Å². The molecule has 0 saturated heterocycles. The Morgan fingerprint density at radius 2 is 1.90 bits per heavy atom. The fourth-order valence-electron chi connectivity index (χ4n) is 2.33. The second-order valence-electron chi connectivity index (χ2n) is 6.91. The maximum atomic E-state index is 13.8. The highest BCUT2D eigenvalue weighted by atomic mass is 35.5. The predicted molar refractivity (Wildman–Crippen MR) is 87.3 cm³/mol. The number of fused-ring (bicyclic) bond motifs is 1. The van der Waals surface area contributed by atoms with E-state index in [1.54, 1.807) is 6.92 Å². The molecule has 2 nitrogen and oxygen atoms in total. The lowest BCUT2D eigenvalue weighted by molar-refractivity contribution is 0.210. The summed E-state index contributed by atoms with van der Waals surface area (Å²) in [5.74, 6) is 1.12. The summed E-state index contributed by atoms with van der Waals surface area (Å²) < 4.78 is 15.9. The van der Waals surface area contributed by atoms with Crippen LogP contribution in [0.5, 0.6) is 0 Å². The Kier molecular flexibility index (Phi) is 4.34. The van der Waals surface area contributed by atoms with Crippen molar-refractivity contribution in [2.24, 2.45) is 11.3 Å². The topological polar surface area (TPSA) is 17.8 Å². The summed E-state index contributed by atoms with van der Waals surface area (Å²) in [5, 5.41) is -0.205. The SMILES string of the molecule is Cc1cc2c(cc1F)nc(C(C)Cl)n2CC(C)(C)C(C)C. The molecular formula is C17H24ClFN2. The highest BCUT2D eigenvalue weighted by Gasteiger charge is 2.26. The molecule has 2 rings (SSSR count). The van der Waals surface area contributed by atoms with Gasteiger partial charge in [0.05, 0.1) is 16.4 Å². The third-order valence-electron chi connectivity index (χ3n) is 4.54. The third-order valence-corrected chi connectivity index (χ3v) is 4.74. The van der Waals surface area contributed by atoms with Crippen molar-refractivity contribution in [3.05, 3.63) is 29.3 Å². The minimum atomic E-state index is -0.218. The van der Waals surface area contributed by atoms with Crippen LogP contribution in [0.2, 0.25) is 0 Å². The summed E-state index contributed by atoms with van der Waals surface area (Å²) >= 11 is 6.29. The van der Waals surface area contributed by atoms with Gasteiger partial charge in [-0.05, 0) is 36.8 Å². The van der Waals surface area contributed by atoms with Crippen LogP contribution in [0.3, 0.4) is 0 Å². The van der Waals surface area contributed by atoms with Gasteiger partial charge in [0.15, 0.2) is 0 Å². The van der Waals surface area contributed by atoms with E-state index in [2.05, 4.69) is 37.2 Å². The van der Waals surface area contributed by atoms with Crippen molar-refractivity contribution in [2.45, 2.75) is 53.5 Å². The number of hydrogen-bond acceptors (Lipinski definition) is 1. The van der Waals surface area contributed by atoms with Gasteiger partial charge in [-0.2, -0.15) is 0 Å². The first kappa shape index (κ1) is 16.3. The first-order chi connectivity index (χ1) is 9.63. The van der Waals surface area contributed by atoms with Crippen LogP contribution < -0.4 is 0 Å². The number of hydrogen-bond donors (Lipinski definition) is 0. The fourth-order valence-corrected chi connectivity index (χ4v) is 2.50. The monoisotopic (exact) mass is 310 g/mol. The average molecular weight is 311 g/mol. The van der Waals surface area contributed by atoms with Crippen LogP contribution in [-0.2, 0) is 6.54 Å². The lowest BCUT2D eigenvalue weighted by Gasteiger charge is -2.31. The van der Waals surface area contributed by atoms with Crippen molar-refractivity contribution in [2.75, 3.05) is 0 Å². The highest BCUT2D eigenvalue weighted by Crippen LogP contribution is 2.33. The highest BCUT2D eigenvalue weighted by molar-refractivity contribution is 6.20. The zero-order valence-electron chi connectivity index (χ0n) is 13.7. The number of rotatable bonds is 4. The number of imidazole rings is 1. The molecule has 0 fully saturated rings. The lowest BCUT2D eigenvalue weighted by Crippen LogP contribution is -2.26. The molecular weight excluding hydrogens is 287 g/mol. The number of aryl methyl sites for hydroxylation is 1. The zero-order valence-corrected chi connectivity index (χ0v) is 14.4. The molecule has 1 unspecified atom stereocenters. The van der Waals surface area contributed by atoms with E-state index < -0.39 is 0 Å². The number of nitrogens with zero attached hydrogens (tertiary/aromatic N) is 2. The van der Waals surface area contributed by atoms with E-state index in [1.165, 1.54) is 6.07 Å². The molecule has 0 N–H and O–H groups in total. The Labute approximate surface area is 131 Å². The van der Waals surface area contributed by atoms with E-state index in [1.807, 2.05) is 13.0 Å². The van der Waals surface area contributed by atoms with Crippen LogP contribution in [0, 0.1) is 24.1 Å². The second-order valence-corrected chi connectivity index (χ2v) is 7.56. The van der Waals surface area contributed by atoms with Crippen LogP contribution in [0.1, 0.15) is 51.4 Å². The van der Waals surface area contributed by atoms with Crippen molar-refractivity contribution >= 4 is 22.6 Å². The molecule has 1 aromatic heterocycles. The molecule has 0 amide bonds. The van der Waals surface area contributed by atoms with Gasteiger partial charge in [-0.1, -0.05) is 27.7 Å². The van der Waals surface area contributed by atoms with E-state index in [4.69, 9.17) is 11.6 Å². The molecule has 4 heteroatoms.